The number of aliphatic hydroxyl groups excluding tert-OH is 1. The van der Waals surface area contributed by atoms with Gasteiger partial charge in [-0.05, 0) is 31.1 Å². The molecule has 10 heteroatoms. The molecular weight excluding hydrogens is 396 g/mol. The standard InChI is InChI=1S/C16H17ClN4O3S2/c1-2-5-21-14(24)10(13(23)19-15(21)25)8-11-12(17)18-16(26-11)20-6-3-9(22)4-7-20/h2,8-9,22H,1,3-7H2,(H,19,23,25)/b10-8+. The lowest BCUT2D eigenvalue weighted by molar-refractivity contribution is -0.128. The van der Waals surface area contributed by atoms with Crippen molar-refractivity contribution in [2.45, 2.75) is 18.9 Å². The highest BCUT2D eigenvalue weighted by Gasteiger charge is 2.33. The second-order valence-corrected chi connectivity index (χ2v) is 7.65. The van der Waals surface area contributed by atoms with E-state index in [1.807, 2.05) is 4.90 Å². The Morgan fingerprint density at radius 2 is 2.12 bits per heavy atom. The quantitative estimate of drug-likeness (QED) is 0.338. The summed E-state index contributed by atoms with van der Waals surface area (Å²) in [5.41, 5.74) is -0.0494. The lowest BCUT2D eigenvalue weighted by atomic mass is 10.1. The van der Waals surface area contributed by atoms with Crippen molar-refractivity contribution in [3.63, 3.8) is 0 Å². The maximum Gasteiger partial charge on any atom is 0.265 e. The number of aromatic nitrogens is 1. The minimum absolute atomic E-state index is 0.0494. The van der Waals surface area contributed by atoms with E-state index in [2.05, 4.69) is 16.9 Å². The van der Waals surface area contributed by atoms with E-state index in [9.17, 15) is 14.7 Å². The maximum atomic E-state index is 12.6. The first-order valence-corrected chi connectivity index (χ1v) is 9.60. The molecule has 3 rings (SSSR count). The van der Waals surface area contributed by atoms with E-state index in [1.165, 1.54) is 28.4 Å². The molecule has 0 aliphatic carbocycles. The Bertz CT molecular complexity index is 799. The lowest BCUT2D eigenvalue weighted by Crippen LogP contribution is -2.53. The molecule has 1 aromatic rings. The minimum Gasteiger partial charge on any atom is -0.393 e. The fraction of sp³-hybridized carbons (Fsp3) is 0.375. The zero-order valence-corrected chi connectivity index (χ0v) is 16.2. The molecule has 0 unspecified atom stereocenters. The zero-order valence-electron chi connectivity index (χ0n) is 13.8. The molecule has 3 heterocycles. The van der Waals surface area contributed by atoms with Crippen LogP contribution in [0.15, 0.2) is 18.2 Å². The number of nitrogens with zero attached hydrogens (tertiary/aromatic N) is 3. The van der Waals surface area contributed by atoms with Gasteiger partial charge in [0.15, 0.2) is 10.2 Å². The van der Waals surface area contributed by atoms with Gasteiger partial charge in [-0.1, -0.05) is 29.0 Å². The SMILES string of the molecule is C=CCN1C(=O)/C(=C/c2sc(N3CCC(O)CC3)nc2Cl)C(=O)NC1=S. The molecule has 2 aliphatic heterocycles. The van der Waals surface area contributed by atoms with Gasteiger partial charge in [-0.25, -0.2) is 4.98 Å². The van der Waals surface area contributed by atoms with Crippen molar-refractivity contribution in [3.8, 4) is 0 Å². The van der Waals surface area contributed by atoms with Gasteiger partial charge >= 0.3 is 0 Å². The third-order valence-corrected chi connectivity index (χ3v) is 5.89. The summed E-state index contributed by atoms with van der Waals surface area (Å²) in [5.74, 6) is -1.06. The van der Waals surface area contributed by atoms with E-state index in [0.29, 0.717) is 35.9 Å². The fourth-order valence-electron chi connectivity index (χ4n) is 2.70. The van der Waals surface area contributed by atoms with Crippen molar-refractivity contribution < 1.29 is 14.7 Å². The molecule has 1 aromatic heterocycles. The first-order chi connectivity index (χ1) is 12.4. The zero-order chi connectivity index (χ0) is 18.8. The summed E-state index contributed by atoms with van der Waals surface area (Å²) in [6.07, 6.45) is 4.02. The van der Waals surface area contributed by atoms with Crippen LogP contribution in [0.25, 0.3) is 6.08 Å². The van der Waals surface area contributed by atoms with Gasteiger partial charge in [0.2, 0.25) is 0 Å². The number of amides is 2. The summed E-state index contributed by atoms with van der Waals surface area (Å²) >= 11 is 12.5. The summed E-state index contributed by atoms with van der Waals surface area (Å²) in [7, 11) is 0. The predicted molar refractivity (Wildman–Crippen MR) is 105 cm³/mol. The summed E-state index contributed by atoms with van der Waals surface area (Å²) in [4.78, 5) is 32.9. The lowest BCUT2D eigenvalue weighted by Gasteiger charge is -2.29. The number of rotatable bonds is 4. The Balaban J connectivity index is 1.86. The largest absolute Gasteiger partial charge is 0.393 e. The highest BCUT2D eigenvalue weighted by Crippen LogP contribution is 2.33. The molecule has 7 nitrogen and oxygen atoms in total. The molecule has 0 atom stereocenters. The molecular formula is C16H17ClN4O3S2. The Morgan fingerprint density at radius 3 is 2.77 bits per heavy atom. The Labute approximate surface area is 164 Å². The molecule has 0 saturated carbocycles. The molecule has 0 bridgehead atoms. The number of halogens is 1. The van der Waals surface area contributed by atoms with Crippen molar-refractivity contribution in [2.75, 3.05) is 24.5 Å². The number of thiazole rings is 1. The molecule has 2 saturated heterocycles. The predicted octanol–water partition coefficient (Wildman–Crippen LogP) is 1.57. The van der Waals surface area contributed by atoms with Crippen LogP contribution in [0.5, 0.6) is 0 Å². The normalized spacial score (nSPS) is 20.7. The molecule has 26 heavy (non-hydrogen) atoms. The van der Waals surface area contributed by atoms with Crippen LogP contribution in [0.4, 0.5) is 5.13 Å². The second kappa shape index (κ2) is 7.83. The molecule has 2 fully saturated rings. The number of aliphatic hydroxyl groups is 1. The maximum absolute atomic E-state index is 12.6. The van der Waals surface area contributed by atoms with Gasteiger partial charge < -0.3 is 10.0 Å². The van der Waals surface area contributed by atoms with E-state index < -0.39 is 11.8 Å². The molecule has 0 radical (unpaired) electrons. The van der Waals surface area contributed by atoms with Crippen molar-refractivity contribution in [2.24, 2.45) is 0 Å². The van der Waals surface area contributed by atoms with Crippen molar-refractivity contribution >= 4 is 63.3 Å². The number of hydrogen-bond donors (Lipinski definition) is 2. The van der Waals surface area contributed by atoms with Crippen LogP contribution in [-0.2, 0) is 9.59 Å². The molecule has 2 aliphatic rings. The van der Waals surface area contributed by atoms with Crippen LogP contribution >= 0.6 is 35.2 Å². The van der Waals surface area contributed by atoms with E-state index >= 15 is 0 Å². The summed E-state index contributed by atoms with van der Waals surface area (Å²) in [5, 5.41) is 13.1. The molecule has 0 spiro atoms. The number of carbonyl (C=O) groups is 2. The van der Waals surface area contributed by atoms with Crippen molar-refractivity contribution in [1.29, 1.82) is 0 Å². The van der Waals surface area contributed by atoms with Gasteiger partial charge in [0.25, 0.3) is 11.8 Å². The highest BCUT2D eigenvalue weighted by molar-refractivity contribution is 7.80. The first kappa shape index (κ1) is 19.0. The summed E-state index contributed by atoms with van der Waals surface area (Å²) in [6.45, 7) is 5.15. The fourth-order valence-corrected chi connectivity index (χ4v) is 4.21. The topological polar surface area (TPSA) is 85.8 Å². The Morgan fingerprint density at radius 1 is 1.42 bits per heavy atom. The molecule has 2 N–H and O–H groups in total. The van der Waals surface area contributed by atoms with Crippen LogP contribution < -0.4 is 10.2 Å². The van der Waals surface area contributed by atoms with Gasteiger partial charge in [0.1, 0.15) is 10.7 Å². The van der Waals surface area contributed by atoms with Crippen LogP contribution in [0.1, 0.15) is 17.7 Å². The van der Waals surface area contributed by atoms with Gasteiger partial charge in [-0.2, -0.15) is 0 Å². The van der Waals surface area contributed by atoms with Gasteiger partial charge in [0, 0.05) is 19.6 Å². The number of carbonyl (C=O) groups excluding carboxylic acids is 2. The Hall–Kier alpha value is -1.81. The summed E-state index contributed by atoms with van der Waals surface area (Å²) < 4.78 is 0. The van der Waals surface area contributed by atoms with E-state index in [0.717, 1.165) is 0 Å². The number of nitrogens with one attached hydrogen (secondary N) is 1. The van der Waals surface area contributed by atoms with E-state index in [4.69, 9.17) is 23.8 Å². The molecule has 0 aromatic carbocycles. The number of anilines is 1. The third-order valence-electron chi connectivity index (χ3n) is 4.11. The molecule has 2 amide bonds. The van der Waals surface area contributed by atoms with Crippen LogP contribution in [0.3, 0.4) is 0 Å². The summed E-state index contributed by atoms with van der Waals surface area (Å²) in [6, 6.07) is 0. The minimum atomic E-state index is -0.563. The first-order valence-electron chi connectivity index (χ1n) is 7.99. The van der Waals surface area contributed by atoms with Gasteiger partial charge in [-0.15, -0.1) is 6.58 Å². The number of piperidine rings is 1. The van der Waals surface area contributed by atoms with Crippen molar-refractivity contribution in [1.82, 2.24) is 15.2 Å². The number of thiocarbonyl (C=S) groups is 1. The van der Waals surface area contributed by atoms with Gasteiger partial charge in [0.05, 0.1) is 11.0 Å². The third kappa shape index (κ3) is 3.80. The van der Waals surface area contributed by atoms with Gasteiger partial charge in [-0.3, -0.25) is 19.8 Å². The van der Waals surface area contributed by atoms with E-state index in [-0.39, 0.29) is 28.5 Å². The monoisotopic (exact) mass is 412 g/mol. The van der Waals surface area contributed by atoms with Crippen molar-refractivity contribution in [3.05, 3.63) is 28.3 Å². The Kier molecular flexibility index (Phi) is 5.71. The second-order valence-electron chi connectivity index (χ2n) is 5.89. The van der Waals surface area contributed by atoms with Crippen LogP contribution in [0.2, 0.25) is 5.15 Å². The molecule has 138 valence electrons. The van der Waals surface area contributed by atoms with E-state index in [1.54, 1.807) is 0 Å². The highest BCUT2D eigenvalue weighted by atomic mass is 35.5. The van der Waals surface area contributed by atoms with Crippen LogP contribution in [0, 0.1) is 0 Å². The smallest absolute Gasteiger partial charge is 0.265 e. The van der Waals surface area contributed by atoms with Crippen LogP contribution in [-0.4, -0.2) is 57.7 Å². The average Bonchev–Trinajstić information content (AvgIpc) is 2.96. The average molecular weight is 413 g/mol. The number of hydrogen-bond acceptors (Lipinski definition) is 7.